The van der Waals surface area contributed by atoms with E-state index in [2.05, 4.69) is 0 Å². The number of nitrogens with zero attached hydrogens (tertiary/aromatic N) is 2. The second-order valence-corrected chi connectivity index (χ2v) is 4.97. The predicted molar refractivity (Wildman–Crippen MR) is 76.6 cm³/mol. The summed E-state index contributed by atoms with van der Waals surface area (Å²) in [5.74, 6) is -0.792. The minimum absolute atomic E-state index is 0.00482. The van der Waals surface area contributed by atoms with Crippen molar-refractivity contribution in [2.24, 2.45) is 0 Å². The van der Waals surface area contributed by atoms with Crippen molar-refractivity contribution in [1.29, 1.82) is 0 Å². The van der Waals surface area contributed by atoms with E-state index in [1.54, 1.807) is 19.0 Å². The summed E-state index contributed by atoms with van der Waals surface area (Å²) in [5, 5.41) is 9.89. The minimum Gasteiger partial charge on any atom is -0.481 e. The fraction of sp³-hybridized carbons (Fsp3) is 0.333. The molecule has 1 heterocycles. The largest absolute Gasteiger partial charge is 0.481 e. The Kier molecular flexibility index (Phi) is 4.08. The number of hydrogen-bond acceptors (Lipinski definition) is 2. The van der Waals surface area contributed by atoms with Crippen molar-refractivity contribution in [2.75, 3.05) is 14.1 Å². The number of carboxylic acid groups (broad SMARTS) is 1. The molecule has 2 aromatic rings. The first-order chi connectivity index (χ1) is 9.49. The summed E-state index contributed by atoms with van der Waals surface area (Å²) in [6, 6.07) is 7.67. The number of carboxylic acids is 1. The predicted octanol–water partition coefficient (Wildman–Crippen LogP) is 1.75. The molecule has 106 valence electrons. The zero-order chi connectivity index (χ0) is 14.7. The molecule has 0 radical (unpaired) electrons. The molecule has 0 bridgehead atoms. The number of hydrogen-bond donors (Lipinski definition) is 1. The fourth-order valence-electron chi connectivity index (χ4n) is 2.25. The van der Waals surface area contributed by atoms with Gasteiger partial charge in [0.15, 0.2) is 0 Å². The van der Waals surface area contributed by atoms with Crippen LogP contribution in [0.3, 0.4) is 0 Å². The third-order valence-electron chi connectivity index (χ3n) is 3.28. The molecule has 2 rings (SSSR count). The summed E-state index contributed by atoms with van der Waals surface area (Å²) in [5.41, 5.74) is 1.75. The smallest absolute Gasteiger partial charge is 0.307 e. The van der Waals surface area contributed by atoms with E-state index in [1.807, 2.05) is 35.0 Å². The van der Waals surface area contributed by atoms with E-state index in [9.17, 15) is 9.59 Å². The first-order valence-electron chi connectivity index (χ1n) is 6.47. The Morgan fingerprint density at radius 2 is 1.95 bits per heavy atom. The van der Waals surface area contributed by atoms with Gasteiger partial charge in [-0.2, -0.15) is 0 Å². The molecule has 0 aliphatic rings. The van der Waals surface area contributed by atoms with Gasteiger partial charge in [0, 0.05) is 44.2 Å². The second-order valence-electron chi connectivity index (χ2n) is 4.97. The molecule has 1 N–H and O–H groups in total. The Morgan fingerprint density at radius 1 is 1.25 bits per heavy atom. The number of aryl methyl sites for hydroxylation is 1. The maximum absolute atomic E-state index is 11.7. The van der Waals surface area contributed by atoms with Crippen LogP contribution in [0.2, 0.25) is 0 Å². The van der Waals surface area contributed by atoms with E-state index in [0.29, 0.717) is 13.0 Å². The van der Waals surface area contributed by atoms with Gasteiger partial charge in [-0.15, -0.1) is 0 Å². The normalized spacial score (nSPS) is 10.7. The Balaban J connectivity index is 2.29. The summed E-state index contributed by atoms with van der Waals surface area (Å²) in [6.07, 6.45) is 2.23. The monoisotopic (exact) mass is 274 g/mol. The Morgan fingerprint density at radius 3 is 2.60 bits per heavy atom. The lowest BCUT2D eigenvalue weighted by atomic mass is 10.1. The van der Waals surface area contributed by atoms with Crippen molar-refractivity contribution < 1.29 is 14.7 Å². The van der Waals surface area contributed by atoms with E-state index < -0.39 is 5.97 Å². The van der Waals surface area contributed by atoms with Crippen LogP contribution in [0.1, 0.15) is 12.0 Å². The van der Waals surface area contributed by atoms with Gasteiger partial charge in [-0.25, -0.2) is 0 Å². The summed E-state index contributed by atoms with van der Waals surface area (Å²) in [4.78, 5) is 24.1. The number of para-hydroxylation sites is 1. The molecule has 1 aromatic heterocycles. The number of carbonyl (C=O) groups is 2. The lowest BCUT2D eigenvalue weighted by Gasteiger charge is -2.10. The third kappa shape index (κ3) is 2.99. The average molecular weight is 274 g/mol. The Labute approximate surface area is 117 Å². The van der Waals surface area contributed by atoms with Crippen LogP contribution < -0.4 is 0 Å². The van der Waals surface area contributed by atoms with Crippen molar-refractivity contribution in [1.82, 2.24) is 9.47 Å². The first-order valence-corrected chi connectivity index (χ1v) is 6.47. The molecule has 1 amide bonds. The van der Waals surface area contributed by atoms with E-state index in [0.717, 1.165) is 16.5 Å². The summed E-state index contributed by atoms with van der Waals surface area (Å²) >= 11 is 0. The lowest BCUT2D eigenvalue weighted by Crippen LogP contribution is -2.22. The van der Waals surface area contributed by atoms with Gasteiger partial charge in [0.1, 0.15) is 0 Å². The molecule has 0 aliphatic carbocycles. The number of carbonyl (C=O) groups excluding carboxylic acids is 1. The molecule has 0 saturated carbocycles. The maximum Gasteiger partial charge on any atom is 0.307 e. The lowest BCUT2D eigenvalue weighted by molar-refractivity contribution is -0.136. The van der Waals surface area contributed by atoms with Crippen LogP contribution in [-0.4, -0.2) is 40.5 Å². The molecule has 0 spiro atoms. The Bertz CT molecular complexity index is 644. The molecule has 0 aliphatic heterocycles. The number of fused-ring (bicyclic) bond motifs is 1. The summed E-state index contributed by atoms with van der Waals surface area (Å²) < 4.78 is 1.95. The molecular weight excluding hydrogens is 256 g/mol. The number of benzene rings is 1. The van der Waals surface area contributed by atoms with Crippen molar-refractivity contribution in [3.8, 4) is 0 Å². The van der Waals surface area contributed by atoms with E-state index in [4.69, 9.17) is 5.11 Å². The minimum atomic E-state index is -0.850. The first kappa shape index (κ1) is 14.1. The number of aliphatic carboxylic acids is 1. The maximum atomic E-state index is 11.7. The molecule has 0 unspecified atom stereocenters. The summed E-state index contributed by atoms with van der Waals surface area (Å²) in [6.45, 7) is 0.553. The van der Waals surface area contributed by atoms with Crippen LogP contribution in [0.25, 0.3) is 10.9 Å². The molecule has 1 aromatic carbocycles. The van der Waals surface area contributed by atoms with E-state index >= 15 is 0 Å². The zero-order valence-corrected chi connectivity index (χ0v) is 11.7. The topological polar surface area (TPSA) is 62.5 Å². The van der Waals surface area contributed by atoms with Crippen LogP contribution in [-0.2, 0) is 22.6 Å². The van der Waals surface area contributed by atoms with Crippen LogP contribution in [0.5, 0.6) is 0 Å². The molecule has 0 atom stereocenters. The molecule has 5 heteroatoms. The highest BCUT2D eigenvalue weighted by molar-refractivity contribution is 5.87. The SMILES string of the molecule is CN(C)C(=O)CCn1cc(CC(=O)O)c2ccccc21. The van der Waals surface area contributed by atoms with Gasteiger partial charge in [0.2, 0.25) is 5.91 Å². The van der Waals surface area contributed by atoms with Crippen LogP contribution >= 0.6 is 0 Å². The van der Waals surface area contributed by atoms with Gasteiger partial charge < -0.3 is 14.6 Å². The van der Waals surface area contributed by atoms with Crippen LogP contribution in [0, 0.1) is 0 Å². The van der Waals surface area contributed by atoms with E-state index in [1.165, 1.54) is 0 Å². The van der Waals surface area contributed by atoms with E-state index in [-0.39, 0.29) is 12.3 Å². The highest BCUT2D eigenvalue weighted by Gasteiger charge is 2.12. The number of aromatic nitrogens is 1. The zero-order valence-electron chi connectivity index (χ0n) is 11.7. The van der Waals surface area contributed by atoms with Crippen LogP contribution in [0.4, 0.5) is 0 Å². The van der Waals surface area contributed by atoms with Crippen molar-refractivity contribution in [3.63, 3.8) is 0 Å². The molecular formula is C15H18N2O3. The van der Waals surface area contributed by atoms with Gasteiger partial charge in [0.05, 0.1) is 6.42 Å². The van der Waals surface area contributed by atoms with Gasteiger partial charge in [-0.1, -0.05) is 18.2 Å². The third-order valence-corrected chi connectivity index (χ3v) is 3.28. The number of amides is 1. The Hall–Kier alpha value is -2.30. The van der Waals surface area contributed by atoms with Crippen molar-refractivity contribution in [3.05, 3.63) is 36.0 Å². The van der Waals surface area contributed by atoms with Crippen molar-refractivity contribution in [2.45, 2.75) is 19.4 Å². The highest BCUT2D eigenvalue weighted by atomic mass is 16.4. The fourth-order valence-corrected chi connectivity index (χ4v) is 2.25. The van der Waals surface area contributed by atoms with Crippen molar-refractivity contribution >= 4 is 22.8 Å². The van der Waals surface area contributed by atoms with Gasteiger partial charge in [-0.05, 0) is 11.6 Å². The van der Waals surface area contributed by atoms with Crippen LogP contribution in [0.15, 0.2) is 30.5 Å². The highest BCUT2D eigenvalue weighted by Crippen LogP contribution is 2.22. The van der Waals surface area contributed by atoms with Gasteiger partial charge in [-0.3, -0.25) is 9.59 Å². The summed E-state index contributed by atoms with van der Waals surface area (Å²) in [7, 11) is 3.46. The number of rotatable bonds is 5. The van der Waals surface area contributed by atoms with Gasteiger partial charge >= 0.3 is 5.97 Å². The second kappa shape index (κ2) is 5.77. The molecule has 5 nitrogen and oxygen atoms in total. The molecule has 20 heavy (non-hydrogen) atoms. The average Bonchev–Trinajstić information content (AvgIpc) is 2.74. The standard InChI is InChI=1S/C15H18N2O3/c1-16(2)14(18)7-8-17-10-11(9-15(19)20)12-5-3-4-6-13(12)17/h3-6,10H,7-9H2,1-2H3,(H,19,20). The van der Waals surface area contributed by atoms with Gasteiger partial charge in [0.25, 0.3) is 0 Å². The molecule has 0 fully saturated rings. The molecule has 0 saturated heterocycles. The quantitative estimate of drug-likeness (QED) is 0.903.